The lowest BCUT2D eigenvalue weighted by molar-refractivity contribution is 0.251. The second-order valence-electron chi connectivity index (χ2n) is 5.38. The summed E-state index contributed by atoms with van der Waals surface area (Å²) < 4.78 is 1.89. The van der Waals surface area contributed by atoms with Gasteiger partial charge in [0.25, 0.3) is 0 Å². The van der Waals surface area contributed by atoms with Gasteiger partial charge in [0.2, 0.25) is 0 Å². The van der Waals surface area contributed by atoms with E-state index in [1.165, 1.54) is 0 Å². The van der Waals surface area contributed by atoms with E-state index in [2.05, 4.69) is 20.7 Å². The van der Waals surface area contributed by atoms with E-state index < -0.39 is 0 Å². The van der Waals surface area contributed by atoms with Crippen LogP contribution >= 0.6 is 0 Å². The van der Waals surface area contributed by atoms with Crippen LogP contribution in [-0.2, 0) is 6.54 Å². The lowest BCUT2D eigenvalue weighted by Gasteiger charge is -2.08. The van der Waals surface area contributed by atoms with Gasteiger partial charge >= 0.3 is 6.03 Å². The summed E-state index contributed by atoms with van der Waals surface area (Å²) in [4.78, 5) is 15.9. The Morgan fingerprint density at radius 3 is 2.62 bits per heavy atom. The Kier molecular flexibility index (Phi) is 4.86. The summed E-state index contributed by atoms with van der Waals surface area (Å²) in [7, 11) is 0. The number of nitrogens with zero attached hydrogens (tertiary/aromatic N) is 3. The topological polar surface area (TPSA) is 71.8 Å². The number of nitrogens with one attached hydrogen (secondary N) is 2. The molecule has 0 saturated carbocycles. The Balaban J connectivity index is 1.54. The Morgan fingerprint density at radius 1 is 1.12 bits per heavy atom. The van der Waals surface area contributed by atoms with Crippen LogP contribution in [0.25, 0.3) is 11.3 Å². The van der Waals surface area contributed by atoms with Crippen LogP contribution < -0.4 is 10.6 Å². The number of anilines is 1. The molecule has 0 aliphatic heterocycles. The lowest BCUT2D eigenvalue weighted by Crippen LogP contribution is -2.31. The molecule has 3 rings (SSSR count). The number of benzene rings is 1. The highest BCUT2D eigenvalue weighted by molar-refractivity contribution is 5.89. The van der Waals surface area contributed by atoms with E-state index in [-0.39, 0.29) is 6.03 Å². The van der Waals surface area contributed by atoms with Crippen molar-refractivity contribution in [2.75, 3.05) is 11.9 Å². The van der Waals surface area contributed by atoms with Crippen molar-refractivity contribution in [3.8, 4) is 11.3 Å². The Morgan fingerprint density at radius 2 is 1.88 bits per heavy atom. The minimum absolute atomic E-state index is 0.222. The van der Waals surface area contributed by atoms with E-state index >= 15 is 0 Å². The molecule has 3 aromatic rings. The molecule has 0 aliphatic carbocycles. The van der Waals surface area contributed by atoms with Crippen molar-refractivity contribution in [2.45, 2.75) is 13.5 Å². The minimum atomic E-state index is -0.222. The van der Waals surface area contributed by atoms with Crippen molar-refractivity contribution in [1.29, 1.82) is 0 Å². The molecule has 0 atom stereocenters. The van der Waals surface area contributed by atoms with Crippen molar-refractivity contribution >= 4 is 11.7 Å². The summed E-state index contributed by atoms with van der Waals surface area (Å²) in [6.45, 7) is 3.11. The molecule has 6 nitrogen and oxygen atoms in total. The molecule has 122 valence electrons. The summed E-state index contributed by atoms with van der Waals surface area (Å²) in [6.07, 6.45) is 3.50. The van der Waals surface area contributed by atoms with E-state index in [9.17, 15) is 4.79 Å². The SMILES string of the molecule is Cc1cc(-c2ccncc2)nn1CCNC(=O)Nc1ccccc1. The zero-order chi connectivity index (χ0) is 16.8. The van der Waals surface area contributed by atoms with E-state index in [4.69, 9.17) is 0 Å². The molecule has 6 heteroatoms. The number of hydrogen-bond acceptors (Lipinski definition) is 3. The van der Waals surface area contributed by atoms with Crippen LogP contribution in [0.15, 0.2) is 60.9 Å². The molecule has 0 unspecified atom stereocenters. The minimum Gasteiger partial charge on any atom is -0.336 e. The molecule has 2 N–H and O–H groups in total. The van der Waals surface area contributed by atoms with Crippen LogP contribution in [0.4, 0.5) is 10.5 Å². The normalized spacial score (nSPS) is 10.4. The molecule has 0 spiro atoms. The molecule has 24 heavy (non-hydrogen) atoms. The van der Waals surface area contributed by atoms with Crippen LogP contribution in [0.5, 0.6) is 0 Å². The summed E-state index contributed by atoms with van der Waals surface area (Å²) in [5, 5.41) is 10.2. The highest BCUT2D eigenvalue weighted by atomic mass is 16.2. The number of para-hydroxylation sites is 1. The molecular formula is C18H19N5O. The van der Waals surface area contributed by atoms with Crippen molar-refractivity contribution in [3.05, 3.63) is 66.6 Å². The monoisotopic (exact) mass is 321 g/mol. The number of aromatic nitrogens is 3. The highest BCUT2D eigenvalue weighted by Gasteiger charge is 2.07. The first kappa shape index (κ1) is 15.7. The zero-order valence-corrected chi connectivity index (χ0v) is 13.4. The van der Waals surface area contributed by atoms with Crippen LogP contribution in [-0.4, -0.2) is 27.3 Å². The number of carbonyl (C=O) groups excluding carboxylic acids is 1. The first-order valence-corrected chi connectivity index (χ1v) is 7.77. The van der Waals surface area contributed by atoms with Gasteiger partial charge in [-0.1, -0.05) is 18.2 Å². The average Bonchev–Trinajstić information content (AvgIpc) is 2.98. The third kappa shape index (κ3) is 3.98. The fourth-order valence-corrected chi connectivity index (χ4v) is 2.37. The van der Waals surface area contributed by atoms with Crippen LogP contribution in [0, 0.1) is 6.92 Å². The molecule has 1 aromatic carbocycles. The van der Waals surface area contributed by atoms with Crippen molar-refractivity contribution in [2.24, 2.45) is 0 Å². The lowest BCUT2D eigenvalue weighted by atomic mass is 10.2. The average molecular weight is 321 g/mol. The number of aryl methyl sites for hydroxylation is 1. The maximum atomic E-state index is 11.9. The maximum Gasteiger partial charge on any atom is 0.319 e. The van der Waals surface area contributed by atoms with Gasteiger partial charge in [0.1, 0.15) is 0 Å². The van der Waals surface area contributed by atoms with Gasteiger partial charge in [-0.2, -0.15) is 5.10 Å². The molecule has 0 fully saturated rings. The Labute approximate surface area is 140 Å². The highest BCUT2D eigenvalue weighted by Crippen LogP contribution is 2.17. The summed E-state index contributed by atoms with van der Waals surface area (Å²) in [6, 6.07) is 15.0. The van der Waals surface area contributed by atoms with Crippen LogP contribution in [0.2, 0.25) is 0 Å². The first-order chi connectivity index (χ1) is 11.7. The third-order valence-electron chi connectivity index (χ3n) is 3.60. The number of carbonyl (C=O) groups is 1. The summed E-state index contributed by atoms with van der Waals surface area (Å²) in [5.74, 6) is 0. The summed E-state index contributed by atoms with van der Waals surface area (Å²) >= 11 is 0. The maximum absolute atomic E-state index is 11.9. The number of hydrogen-bond donors (Lipinski definition) is 2. The molecular weight excluding hydrogens is 302 g/mol. The van der Waals surface area contributed by atoms with Crippen LogP contribution in [0.1, 0.15) is 5.69 Å². The number of urea groups is 1. The smallest absolute Gasteiger partial charge is 0.319 e. The molecule has 2 amide bonds. The first-order valence-electron chi connectivity index (χ1n) is 7.77. The van der Waals surface area contributed by atoms with Crippen molar-refractivity contribution in [1.82, 2.24) is 20.1 Å². The molecule has 0 saturated heterocycles. The largest absolute Gasteiger partial charge is 0.336 e. The van der Waals surface area contributed by atoms with Gasteiger partial charge in [-0.15, -0.1) is 0 Å². The predicted molar refractivity (Wildman–Crippen MR) is 93.7 cm³/mol. The number of pyridine rings is 1. The standard InChI is InChI=1S/C18H19N5O/c1-14-13-17(15-7-9-19-10-8-15)22-23(14)12-11-20-18(24)21-16-5-3-2-4-6-16/h2-10,13H,11-12H2,1H3,(H2,20,21,24). The molecule has 0 bridgehead atoms. The van der Waals surface area contributed by atoms with E-state index in [0.717, 1.165) is 22.6 Å². The second-order valence-corrected chi connectivity index (χ2v) is 5.38. The second kappa shape index (κ2) is 7.41. The van der Waals surface area contributed by atoms with Crippen molar-refractivity contribution < 1.29 is 4.79 Å². The van der Waals surface area contributed by atoms with Gasteiger partial charge < -0.3 is 10.6 Å². The van der Waals surface area contributed by atoms with Gasteiger partial charge in [-0.25, -0.2) is 4.79 Å². The Bertz CT molecular complexity index is 799. The molecule has 0 aliphatic rings. The van der Waals surface area contributed by atoms with E-state index in [0.29, 0.717) is 13.1 Å². The zero-order valence-electron chi connectivity index (χ0n) is 13.4. The predicted octanol–water partition coefficient (Wildman–Crippen LogP) is 3.08. The fourth-order valence-electron chi connectivity index (χ4n) is 2.37. The number of rotatable bonds is 5. The third-order valence-corrected chi connectivity index (χ3v) is 3.60. The molecule has 2 aromatic heterocycles. The quantitative estimate of drug-likeness (QED) is 0.758. The van der Waals surface area contributed by atoms with Gasteiger partial charge in [-0.3, -0.25) is 9.67 Å². The van der Waals surface area contributed by atoms with Gasteiger partial charge in [0.05, 0.1) is 12.2 Å². The van der Waals surface area contributed by atoms with Gasteiger partial charge in [0, 0.05) is 35.9 Å². The Hall–Kier alpha value is -3.15. The van der Waals surface area contributed by atoms with Crippen molar-refractivity contribution in [3.63, 3.8) is 0 Å². The van der Waals surface area contributed by atoms with Gasteiger partial charge in [-0.05, 0) is 37.3 Å². The van der Waals surface area contributed by atoms with E-state index in [1.807, 2.05) is 60.1 Å². The molecule has 0 radical (unpaired) electrons. The van der Waals surface area contributed by atoms with Gasteiger partial charge in [0.15, 0.2) is 0 Å². The number of amides is 2. The van der Waals surface area contributed by atoms with E-state index in [1.54, 1.807) is 12.4 Å². The van der Waals surface area contributed by atoms with Crippen LogP contribution in [0.3, 0.4) is 0 Å². The summed E-state index contributed by atoms with van der Waals surface area (Å²) in [5.41, 5.74) is 3.75. The molecule has 2 heterocycles. The fraction of sp³-hybridized carbons (Fsp3) is 0.167.